The number of ether oxygens (including phenoxy) is 1. The number of hydrogen-bond donors (Lipinski definition) is 1. The van der Waals surface area contributed by atoms with E-state index in [0.717, 1.165) is 17.5 Å². The van der Waals surface area contributed by atoms with Gasteiger partial charge in [0, 0.05) is 6.54 Å². The molecule has 1 heterocycles. The maximum absolute atomic E-state index is 13.3. The van der Waals surface area contributed by atoms with E-state index >= 15 is 0 Å². The summed E-state index contributed by atoms with van der Waals surface area (Å²) in [6.45, 7) is 0.691. The van der Waals surface area contributed by atoms with Crippen LogP contribution in [0.4, 0.5) is 4.39 Å². The molecule has 0 spiro atoms. The first-order valence-electron chi connectivity index (χ1n) is 7.98. The van der Waals surface area contributed by atoms with Gasteiger partial charge in [0.2, 0.25) is 0 Å². The highest BCUT2D eigenvalue weighted by Crippen LogP contribution is 2.36. The summed E-state index contributed by atoms with van der Waals surface area (Å²) in [7, 11) is 1.60. The molecule has 0 bridgehead atoms. The van der Waals surface area contributed by atoms with Crippen molar-refractivity contribution in [2.45, 2.75) is 24.9 Å². The fraction of sp³-hybridized carbons (Fsp3) is 0.316. The predicted molar refractivity (Wildman–Crippen MR) is 88.6 cm³/mol. The minimum absolute atomic E-state index is 0.246. The predicted octanol–water partition coefficient (Wildman–Crippen LogP) is 3.47. The van der Waals surface area contributed by atoms with Crippen molar-refractivity contribution in [3.63, 3.8) is 0 Å². The van der Waals surface area contributed by atoms with Crippen molar-refractivity contribution in [3.8, 4) is 5.75 Å². The summed E-state index contributed by atoms with van der Waals surface area (Å²) in [5, 5.41) is 9.54. The van der Waals surface area contributed by atoms with Crippen LogP contribution in [0.3, 0.4) is 0 Å². The second-order valence-electron chi connectivity index (χ2n) is 5.96. The van der Waals surface area contributed by atoms with Crippen LogP contribution in [0.1, 0.15) is 30.0 Å². The van der Waals surface area contributed by atoms with Crippen LogP contribution in [0.2, 0.25) is 0 Å². The number of likely N-dealkylation sites (tertiary alicyclic amines) is 1. The van der Waals surface area contributed by atoms with Gasteiger partial charge in [-0.25, -0.2) is 4.39 Å². The quantitative estimate of drug-likeness (QED) is 0.912. The fourth-order valence-corrected chi connectivity index (χ4v) is 3.40. The molecule has 2 atom stereocenters. The van der Waals surface area contributed by atoms with Crippen molar-refractivity contribution < 1.29 is 19.0 Å². The molecule has 1 aliphatic rings. The Kier molecular flexibility index (Phi) is 4.81. The number of benzene rings is 2. The average molecular weight is 329 g/mol. The molecule has 2 unspecified atom stereocenters. The summed E-state index contributed by atoms with van der Waals surface area (Å²) >= 11 is 0. The molecule has 5 heteroatoms. The molecular formula is C19H20FNO3. The van der Waals surface area contributed by atoms with Crippen LogP contribution >= 0.6 is 0 Å². The third-order valence-corrected chi connectivity index (χ3v) is 4.51. The van der Waals surface area contributed by atoms with E-state index in [2.05, 4.69) is 0 Å². The molecule has 2 aromatic carbocycles. The van der Waals surface area contributed by atoms with E-state index in [1.54, 1.807) is 19.2 Å². The number of carboxylic acids is 1. The van der Waals surface area contributed by atoms with E-state index < -0.39 is 12.0 Å². The summed E-state index contributed by atoms with van der Waals surface area (Å²) in [5.41, 5.74) is 1.81. The van der Waals surface area contributed by atoms with E-state index in [4.69, 9.17) is 4.74 Å². The molecule has 0 aliphatic carbocycles. The van der Waals surface area contributed by atoms with Crippen LogP contribution in [-0.4, -0.2) is 35.7 Å². The molecule has 0 aromatic heterocycles. The van der Waals surface area contributed by atoms with Gasteiger partial charge in [0.05, 0.1) is 13.2 Å². The SMILES string of the molecule is COc1cccc(C(c2ccc(F)cc2)N2CCCC2C(=O)O)c1. The lowest BCUT2D eigenvalue weighted by Crippen LogP contribution is -2.39. The van der Waals surface area contributed by atoms with Crippen LogP contribution in [0.25, 0.3) is 0 Å². The zero-order chi connectivity index (χ0) is 17.1. The second kappa shape index (κ2) is 7.01. The maximum atomic E-state index is 13.3. The largest absolute Gasteiger partial charge is 0.497 e. The maximum Gasteiger partial charge on any atom is 0.320 e. The molecule has 0 saturated carbocycles. The Hall–Kier alpha value is -2.40. The van der Waals surface area contributed by atoms with Gasteiger partial charge in [-0.15, -0.1) is 0 Å². The van der Waals surface area contributed by atoms with Gasteiger partial charge >= 0.3 is 5.97 Å². The van der Waals surface area contributed by atoms with Crippen molar-refractivity contribution in [3.05, 3.63) is 65.5 Å². The molecule has 0 radical (unpaired) electrons. The highest BCUT2D eigenvalue weighted by molar-refractivity contribution is 5.74. The third kappa shape index (κ3) is 3.26. The van der Waals surface area contributed by atoms with Crippen molar-refractivity contribution in [2.24, 2.45) is 0 Å². The third-order valence-electron chi connectivity index (χ3n) is 4.51. The highest BCUT2D eigenvalue weighted by atomic mass is 19.1. The summed E-state index contributed by atoms with van der Waals surface area (Å²) in [4.78, 5) is 13.6. The van der Waals surface area contributed by atoms with Gasteiger partial charge < -0.3 is 9.84 Å². The lowest BCUT2D eigenvalue weighted by atomic mass is 9.96. The number of carbonyl (C=O) groups is 1. The second-order valence-corrected chi connectivity index (χ2v) is 5.96. The Morgan fingerprint density at radius 2 is 2.00 bits per heavy atom. The molecule has 1 N–H and O–H groups in total. The number of carboxylic acid groups (broad SMARTS) is 1. The monoisotopic (exact) mass is 329 g/mol. The minimum Gasteiger partial charge on any atom is -0.497 e. The van der Waals surface area contributed by atoms with E-state index in [0.29, 0.717) is 18.7 Å². The van der Waals surface area contributed by atoms with Crippen molar-refractivity contribution in [1.29, 1.82) is 0 Å². The Bertz CT molecular complexity index is 717. The Morgan fingerprint density at radius 3 is 2.67 bits per heavy atom. The first-order valence-corrected chi connectivity index (χ1v) is 7.98. The fourth-order valence-electron chi connectivity index (χ4n) is 3.40. The molecule has 126 valence electrons. The summed E-state index contributed by atoms with van der Waals surface area (Å²) in [5.74, 6) is -0.410. The Labute approximate surface area is 140 Å². The standard InChI is InChI=1S/C19H20FNO3/c1-24-16-5-2-4-14(12-16)18(13-7-9-15(20)10-8-13)21-11-3-6-17(21)19(22)23/h2,4-5,7-10,12,17-18H,3,6,11H2,1H3,(H,22,23). The smallest absolute Gasteiger partial charge is 0.320 e. The number of hydrogen-bond acceptors (Lipinski definition) is 3. The van der Waals surface area contributed by atoms with E-state index in [1.165, 1.54) is 12.1 Å². The minimum atomic E-state index is -0.817. The van der Waals surface area contributed by atoms with Crippen LogP contribution in [0, 0.1) is 5.82 Å². The zero-order valence-electron chi connectivity index (χ0n) is 13.5. The van der Waals surface area contributed by atoms with E-state index in [9.17, 15) is 14.3 Å². The van der Waals surface area contributed by atoms with Gasteiger partial charge in [-0.3, -0.25) is 9.69 Å². The summed E-state index contributed by atoms with van der Waals surface area (Å²) in [6.07, 6.45) is 1.45. The highest BCUT2D eigenvalue weighted by Gasteiger charge is 2.36. The summed E-state index contributed by atoms with van der Waals surface area (Å²) in [6, 6.07) is 13.1. The van der Waals surface area contributed by atoms with Gasteiger partial charge in [-0.05, 0) is 48.2 Å². The Morgan fingerprint density at radius 1 is 1.25 bits per heavy atom. The van der Waals surface area contributed by atoms with E-state index in [1.807, 2.05) is 29.2 Å². The number of methoxy groups -OCH3 is 1. The molecule has 1 fully saturated rings. The molecular weight excluding hydrogens is 309 g/mol. The molecule has 0 amide bonds. The number of nitrogens with zero attached hydrogens (tertiary/aromatic N) is 1. The Balaban J connectivity index is 2.06. The van der Waals surface area contributed by atoms with Gasteiger partial charge in [-0.1, -0.05) is 24.3 Å². The molecule has 24 heavy (non-hydrogen) atoms. The molecule has 1 saturated heterocycles. The number of rotatable bonds is 5. The average Bonchev–Trinajstić information content (AvgIpc) is 3.07. The molecule has 2 aromatic rings. The van der Waals surface area contributed by atoms with Crippen molar-refractivity contribution >= 4 is 5.97 Å². The van der Waals surface area contributed by atoms with Crippen LogP contribution < -0.4 is 4.74 Å². The first-order chi connectivity index (χ1) is 11.6. The van der Waals surface area contributed by atoms with Crippen LogP contribution in [0.15, 0.2) is 48.5 Å². The summed E-state index contributed by atoms with van der Waals surface area (Å²) < 4.78 is 18.6. The van der Waals surface area contributed by atoms with E-state index in [-0.39, 0.29) is 11.9 Å². The van der Waals surface area contributed by atoms with Crippen LogP contribution in [-0.2, 0) is 4.79 Å². The number of halogens is 1. The lowest BCUT2D eigenvalue weighted by Gasteiger charge is -2.32. The van der Waals surface area contributed by atoms with Gasteiger partial charge in [-0.2, -0.15) is 0 Å². The van der Waals surface area contributed by atoms with Gasteiger partial charge in [0.25, 0.3) is 0 Å². The normalized spacial score (nSPS) is 19.2. The van der Waals surface area contributed by atoms with Crippen molar-refractivity contribution in [1.82, 2.24) is 4.90 Å². The lowest BCUT2D eigenvalue weighted by molar-refractivity contribution is -0.142. The first kappa shape index (κ1) is 16.5. The van der Waals surface area contributed by atoms with Gasteiger partial charge in [0.15, 0.2) is 0 Å². The molecule has 4 nitrogen and oxygen atoms in total. The molecule has 3 rings (SSSR count). The van der Waals surface area contributed by atoms with Crippen LogP contribution in [0.5, 0.6) is 5.75 Å². The zero-order valence-corrected chi connectivity index (χ0v) is 13.5. The topological polar surface area (TPSA) is 49.8 Å². The van der Waals surface area contributed by atoms with Gasteiger partial charge in [0.1, 0.15) is 17.6 Å². The number of aliphatic carboxylic acids is 1. The molecule has 1 aliphatic heterocycles. The van der Waals surface area contributed by atoms with Crippen molar-refractivity contribution in [2.75, 3.05) is 13.7 Å².